The normalized spacial score (nSPS) is 23.7. The number of carbonyl (C=O) groups excluding carboxylic acids is 4. The number of fused-ring (bicyclic) bond motifs is 2. The molecule has 3 aliphatic heterocycles. The van der Waals surface area contributed by atoms with E-state index >= 15 is 0 Å². The summed E-state index contributed by atoms with van der Waals surface area (Å²) in [6.07, 6.45) is 1.71. The van der Waals surface area contributed by atoms with Gasteiger partial charge in [-0.25, -0.2) is 4.98 Å². The second-order valence-electron chi connectivity index (χ2n) is 6.19. The average molecular weight is 328 g/mol. The van der Waals surface area contributed by atoms with E-state index < -0.39 is 23.8 Å². The molecule has 3 aliphatic rings. The first-order valence-electron chi connectivity index (χ1n) is 8.01. The zero-order chi connectivity index (χ0) is 16.8. The van der Waals surface area contributed by atoms with Gasteiger partial charge in [0.05, 0.1) is 5.56 Å². The number of piperidine rings is 1. The number of nitrogens with one attached hydrogen (secondary N) is 2. The van der Waals surface area contributed by atoms with Gasteiger partial charge in [-0.15, -0.1) is 0 Å². The quantitative estimate of drug-likeness (QED) is 0.652. The molecule has 24 heavy (non-hydrogen) atoms. The van der Waals surface area contributed by atoms with Crippen molar-refractivity contribution in [3.05, 3.63) is 28.6 Å². The molecule has 0 radical (unpaired) electrons. The van der Waals surface area contributed by atoms with E-state index in [-0.39, 0.29) is 30.0 Å². The van der Waals surface area contributed by atoms with Crippen LogP contribution in [0.4, 0.5) is 0 Å². The van der Waals surface area contributed by atoms with Gasteiger partial charge in [0.1, 0.15) is 11.7 Å². The summed E-state index contributed by atoms with van der Waals surface area (Å²) < 4.78 is 0. The third-order valence-electron chi connectivity index (χ3n) is 4.69. The van der Waals surface area contributed by atoms with Crippen molar-refractivity contribution in [2.75, 3.05) is 13.1 Å². The fraction of sp³-hybridized carbons (Fsp3) is 0.438. The number of aromatic nitrogens is 1. The Morgan fingerprint density at radius 2 is 1.83 bits per heavy atom. The molecule has 4 amide bonds. The average Bonchev–Trinajstić information content (AvgIpc) is 2.72. The standard InChI is InChI=1S/C16H16N4O4/c21-12-2-1-11(14(22)19-12)20-15(23)9-7-8-3-5-17-6-4-10(8)18-13(9)16(20)24/h7,11,17H,1-6H2,(H,19,21,22). The van der Waals surface area contributed by atoms with Gasteiger partial charge in [-0.3, -0.25) is 29.4 Å². The minimum atomic E-state index is -0.946. The van der Waals surface area contributed by atoms with Crippen LogP contribution in [0.15, 0.2) is 6.07 Å². The lowest BCUT2D eigenvalue weighted by Gasteiger charge is -2.27. The topological polar surface area (TPSA) is 108 Å². The largest absolute Gasteiger partial charge is 0.316 e. The molecule has 1 aromatic rings. The Hall–Kier alpha value is -2.61. The summed E-state index contributed by atoms with van der Waals surface area (Å²) in [6.45, 7) is 1.57. The monoisotopic (exact) mass is 328 g/mol. The van der Waals surface area contributed by atoms with E-state index in [1.54, 1.807) is 6.07 Å². The zero-order valence-electron chi connectivity index (χ0n) is 12.9. The van der Waals surface area contributed by atoms with E-state index in [4.69, 9.17) is 0 Å². The van der Waals surface area contributed by atoms with Gasteiger partial charge < -0.3 is 5.32 Å². The number of hydrogen-bond acceptors (Lipinski definition) is 6. The van der Waals surface area contributed by atoms with Gasteiger partial charge in [-0.2, -0.15) is 0 Å². The van der Waals surface area contributed by atoms with Gasteiger partial charge in [0, 0.05) is 25.1 Å². The minimum absolute atomic E-state index is 0.111. The van der Waals surface area contributed by atoms with Crippen LogP contribution < -0.4 is 10.6 Å². The zero-order valence-corrected chi connectivity index (χ0v) is 12.9. The van der Waals surface area contributed by atoms with E-state index in [9.17, 15) is 19.2 Å². The first-order chi connectivity index (χ1) is 11.6. The Kier molecular flexibility index (Phi) is 3.42. The molecule has 0 bridgehead atoms. The van der Waals surface area contributed by atoms with Crippen molar-refractivity contribution < 1.29 is 19.2 Å². The molecule has 8 heteroatoms. The number of amides is 4. The molecule has 0 aliphatic carbocycles. The Bertz CT molecular complexity index is 744. The summed E-state index contributed by atoms with van der Waals surface area (Å²) in [4.78, 5) is 54.0. The predicted molar refractivity (Wildman–Crippen MR) is 81.2 cm³/mol. The van der Waals surface area contributed by atoms with Crippen LogP contribution in [0.3, 0.4) is 0 Å². The summed E-state index contributed by atoms with van der Waals surface area (Å²) in [7, 11) is 0. The Labute approximate surface area is 137 Å². The summed E-state index contributed by atoms with van der Waals surface area (Å²) in [5.74, 6) is -2.04. The first kappa shape index (κ1) is 14.9. The molecule has 1 atom stereocenters. The van der Waals surface area contributed by atoms with Crippen molar-refractivity contribution in [2.24, 2.45) is 0 Å². The van der Waals surface area contributed by atoms with Crippen molar-refractivity contribution in [3.63, 3.8) is 0 Å². The first-order valence-corrected chi connectivity index (χ1v) is 8.01. The van der Waals surface area contributed by atoms with Gasteiger partial charge in [-0.05, 0) is 31.0 Å². The fourth-order valence-electron chi connectivity index (χ4n) is 3.45. The molecule has 124 valence electrons. The highest BCUT2D eigenvalue weighted by Gasteiger charge is 2.45. The minimum Gasteiger partial charge on any atom is -0.316 e. The van der Waals surface area contributed by atoms with Crippen LogP contribution in [0.25, 0.3) is 0 Å². The number of imide groups is 2. The molecule has 1 fully saturated rings. The molecular formula is C16H16N4O4. The molecule has 2 N–H and O–H groups in total. The van der Waals surface area contributed by atoms with Crippen LogP contribution in [-0.2, 0) is 22.4 Å². The molecule has 0 aromatic carbocycles. The molecule has 1 unspecified atom stereocenters. The van der Waals surface area contributed by atoms with Crippen LogP contribution in [0.1, 0.15) is 44.9 Å². The number of hydrogen-bond donors (Lipinski definition) is 2. The summed E-state index contributed by atoms with van der Waals surface area (Å²) in [5.41, 5.74) is 2.16. The third-order valence-corrected chi connectivity index (χ3v) is 4.69. The van der Waals surface area contributed by atoms with Gasteiger partial charge in [0.25, 0.3) is 11.8 Å². The van der Waals surface area contributed by atoms with Crippen LogP contribution in [0.5, 0.6) is 0 Å². The second kappa shape index (κ2) is 5.48. The highest BCUT2D eigenvalue weighted by molar-refractivity contribution is 6.22. The van der Waals surface area contributed by atoms with Crippen molar-refractivity contribution in [3.8, 4) is 0 Å². The molecule has 1 saturated heterocycles. The summed E-state index contributed by atoms with van der Waals surface area (Å²) in [6, 6.07) is 0.787. The molecule has 0 saturated carbocycles. The van der Waals surface area contributed by atoms with Crippen molar-refractivity contribution in [1.82, 2.24) is 20.5 Å². The molecule has 1 aromatic heterocycles. The van der Waals surface area contributed by atoms with Crippen LogP contribution in [0, 0.1) is 0 Å². The smallest absolute Gasteiger partial charge is 0.280 e. The van der Waals surface area contributed by atoms with Gasteiger partial charge in [0.15, 0.2) is 0 Å². The Morgan fingerprint density at radius 3 is 2.62 bits per heavy atom. The SMILES string of the molecule is O=C1CCC(N2C(=O)c3cc4c(nc3C2=O)CCNCC4)C(=O)N1. The maximum atomic E-state index is 12.7. The van der Waals surface area contributed by atoms with Crippen LogP contribution in [0.2, 0.25) is 0 Å². The number of rotatable bonds is 1. The maximum absolute atomic E-state index is 12.7. The molecule has 0 spiro atoms. The van der Waals surface area contributed by atoms with E-state index in [0.717, 1.165) is 35.7 Å². The highest BCUT2D eigenvalue weighted by Crippen LogP contribution is 2.28. The van der Waals surface area contributed by atoms with Gasteiger partial charge in [-0.1, -0.05) is 0 Å². The van der Waals surface area contributed by atoms with Crippen molar-refractivity contribution in [2.45, 2.75) is 31.7 Å². The fourth-order valence-corrected chi connectivity index (χ4v) is 3.45. The molecule has 4 heterocycles. The Balaban J connectivity index is 1.71. The predicted octanol–water partition coefficient (Wildman–Crippen LogP) is -0.829. The molecular weight excluding hydrogens is 312 g/mol. The highest BCUT2D eigenvalue weighted by atomic mass is 16.2. The van der Waals surface area contributed by atoms with E-state index in [0.29, 0.717) is 6.42 Å². The lowest BCUT2D eigenvalue weighted by Crippen LogP contribution is -2.54. The summed E-state index contributed by atoms with van der Waals surface area (Å²) in [5, 5.41) is 5.44. The molecule has 4 rings (SSSR count). The van der Waals surface area contributed by atoms with Gasteiger partial charge >= 0.3 is 0 Å². The number of carbonyl (C=O) groups is 4. The van der Waals surface area contributed by atoms with Gasteiger partial charge in [0.2, 0.25) is 11.8 Å². The maximum Gasteiger partial charge on any atom is 0.280 e. The number of nitrogens with zero attached hydrogens (tertiary/aromatic N) is 2. The van der Waals surface area contributed by atoms with Crippen LogP contribution in [-0.4, -0.2) is 52.6 Å². The van der Waals surface area contributed by atoms with Crippen molar-refractivity contribution >= 4 is 23.6 Å². The van der Waals surface area contributed by atoms with Crippen LogP contribution >= 0.6 is 0 Å². The number of pyridine rings is 1. The Morgan fingerprint density at radius 1 is 1.04 bits per heavy atom. The second-order valence-corrected chi connectivity index (χ2v) is 6.19. The van der Waals surface area contributed by atoms with E-state index in [2.05, 4.69) is 15.6 Å². The lowest BCUT2D eigenvalue weighted by molar-refractivity contribution is -0.136. The lowest BCUT2D eigenvalue weighted by atomic mass is 10.0. The van der Waals surface area contributed by atoms with E-state index in [1.807, 2.05) is 0 Å². The third kappa shape index (κ3) is 2.22. The van der Waals surface area contributed by atoms with Crippen molar-refractivity contribution in [1.29, 1.82) is 0 Å². The summed E-state index contributed by atoms with van der Waals surface area (Å²) >= 11 is 0. The molecule has 8 nitrogen and oxygen atoms in total. The van der Waals surface area contributed by atoms with E-state index in [1.165, 1.54) is 0 Å².